The molecule has 2 aromatic rings. The average molecular weight is 329 g/mol. The summed E-state index contributed by atoms with van der Waals surface area (Å²) in [6, 6.07) is 14.7. The van der Waals surface area contributed by atoms with Crippen LogP contribution in [0.3, 0.4) is 0 Å². The summed E-state index contributed by atoms with van der Waals surface area (Å²) in [4.78, 5) is 4.23. The maximum Gasteiger partial charge on any atom is 0.191 e. The van der Waals surface area contributed by atoms with Crippen LogP contribution in [0, 0.1) is 5.82 Å². The van der Waals surface area contributed by atoms with E-state index in [1.165, 1.54) is 17.7 Å². The normalized spacial score (nSPS) is 11.4. The first-order chi connectivity index (χ1) is 11.7. The summed E-state index contributed by atoms with van der Waals surface area (Å²) in [7, 11) is 3.44. The number of hydrogen-bond donors (Lipinski definition) is 2. The fourth-order valence-corrected chi connectivity index (χ4v) is 2.40. The monoisotopic (exact) mass is 329 g/mol. The summed E-state index contributed by atoms with van der Waals surface area (Å²) in [6.07, 6.45) is 0.807. The Bertz CT molecular complexity index is 656. The van der Waals surface area contributed by atoms with Gasteiger partial charge in [0.1, 0.15) is 5.82 Å². The van der Waals surface area contributed by atoms with Crippen LogP contribution in [0.4, 0.5) is 4.39 Å². The molecule has 24 heavy (non-hydrogen) atoms. The molecule has 0 aliphatic carbocycles. The highest BCUT2D eigenvalue weighted by atomic mass is 19.1. The van der Waals surface area contributed by atoms with Gasteiger partial charge in [-0.25, -0.2) is 4.39 Å². The van der Waals surface area contributed by atoms with Gasteiger partial charge in [0.05, 0.1) is 6.61 Å². The zero-order chi connectivity index (χ0) is 17.2. The van der Waals surface area contributed by atoms with Crippen LogP contribution >= 0.6 is 0 Å². The molecule has 0 fully saturated rings. The van der Waals surface area contributed by atoms with Crippen molar-refractivity contribution in [1.82, 2.24) is 10.6 Å². The Hall–Kier alpha value is -2.40. The molecular weight excluding hydrogens is 305 g/mol. The number of aliphatic imine (C=N–C) groups is 1. The van der Waals surface area contributed by atoms with E-state index in [9.17, 15) is 4.39 Å². The van der Waals surface area contributed by atoms with Crippen molar-refractivity contribution in [2.75, 3.05) is 20.7 Å². The summed E-state index contributed by atoms with van der Waals surface area (Å²) in [5, 5.41) is 6.57. The standard InChI is InChI=1S/C19H24FN3O/c1-21-19(22-12-11-15-7-9-18(20)10-8-15)23-13-16-5-3-4-6-17(16)14-24-2/h3-10H,11-14H2,1-2H3,(H2,21,22,23). The fourth-order valence-electron chi connectivity index (χ4n) is 2.40. The molecule has 0 bridgehead atoms. The molecule has 0 atom stereocenters. The first-order valence-corrected chi connectivity index (χ1v) is 7.97. The predicted molar refractivity (Wildman–Crippen MR) is 95.5 cm³/mol. The van der Waals surface area contributed by atoms with Gasteiger partial charge in [0.25, 0.3) is 0 Å². The number of benzene rings is 2. The van der Waals surface area contributed by atoms with E-state index in [4.69, 9.17) is 4.74 Å². The summed E-state index contributed by atoms with van der Waals surface area (Å²) in [5.74, 6) is 0.531. The topological polar surface area (TPSA) is 45.7 Å². The van der Waals surface area contributed by atoms with Crippen molar-refractivity contribution in [1.29, 1.82) is 0 Å². The number of hydrogen-bond acceptors (Lipinski definition) is 2. The van der Waals surface area contributed by atoms with Gasteiger partial charge in [0, 0.05) is 27.2 Å². The summed E-state index contributed by atoms with van der Waals surface area (Å²) < 4.78 is 18.1. The number of nitrogens with one attached hydrogen (secondary N) is 2. The van der Waals surface area contributed by atoms with Gasteiger partial charge in [-0.15, -0.1) is 0 Å². The first-order valence-electron chi connectivity index (χ1n) is 7.97. The lowest BCUT2D eigenvalue weighted by molar-refractivity contribution is 0.184. The van der Waals surface area contributed by atoms with E-state index in [1.807, 2.05) is 12.1 Å². The van der Waals surface area contributed by atoms with Crippen molar-refractivity contribution >= 4 is 5.96 Å². The molecule has 2 aromatic carbocycles. The lowest BCUT2D eigenvalue weighted by Gasteiger charge is -2.14. The zero-order valence-electron chi connectivity index (χ0n) is 14.2. The maximum absolute atomic E-state index is 12.9. The van der Waals surface area contributed by atoms with Gasteiger partial charge in [-0.05, 0) is 35.2 Å². The fraction of sp³-hybridized carbons (Fsp3) is 0.316. The van der Waals surface area contributed by atoms with Gasteiger partial charge < -0.3 is 15.4 Å². The van der Waals surface area contributed by atoms with Crippen molar-refractivity contribution < 1.29 is 9.13 Å². The SMILES string of the molecule is CN=C(NCCc1ccc(F)cc1)NCc1ccccc1COC. The highest BCUT2D eigenvalue weighted by Crippen LogP contribution is 2.09. The van der Waals surface area contributed by atoms with E-state index in [0.717, 1.165) is 30.1 Å². The molecule has 0 spiro atoms. The largest absolute Gasteiger partial charge is 0.380 e. The van der Waals surface area contributed by atoms with Crippen LogP contribution < -0.4 is 10.6 Å². The summed E-state index contributed by atoms with van der Waals surface area (Å²) >= 11 is 0. The molecule has 0 saturated heterocycles. The van der Waals surface area contributed by atoms with Crippen molar-refractivity contribution in [2.45, 2.75) is 19.6 Å². The molecule has 5 heteroatoms. The Morgan fingerprint density at radius 3 is 2.42 bits per heavy atom. The predicted octanol–water partition coefficient (Wildman–Crippen LogP) is 2.88. The molecule has 2 N–H and O–H groups in total. The number of halogens is 1. The lowest BCUT2D eigenvalue weighted by Crippen LogP contribution is -2.38. The molecule has 0 radical (unpaired) electrons. The van der Waals surface area contributed by atoms with Gasteiger partial charge in [-0.2, -0.15) is 0 Å². The van der Waals surface area contributed by atoms with Gasteiger partial charge in [-0.3, -0.25) is 4.99 Å². The van der Waals surface area contributed by atoms with Crippen LogP contribution in [0.25, 0.3) is 0 Å². The summed E-state index contributed by atoms with van der Waals surface area (Å²) in [6.45, 7) is 2.00. The van der Waals surface area contributed by atoms with E-state index < -0.39 is 0 Å². The Labute approximate surface area is 142 Å². The molecule has 0 aliphatic heterocycles. The van der Waals surface area contributed by atoms with Crippen molar-refractivity contribution in [3.63, 3.8) is 0 Å². The van der Waals surface area contributed by atoms with Crippen LogP contribution in [0.5, 0.6) is 0 Å². The highest BCUT2D eigenvalue weighted by Gasteiger charge is 2.03. The molecule has 2 rings (SSSR count). The van der Waals surface area contributed by atoms with Crippen molar-refractivity contribution in [2.24, 2.45) is 4.99 Å². The second-order valence-corrected chi connectivity index (χ2v) is 5.43. The molecular formula is C19H24FN3O. The molecule has 0 aromatic heterocycles. The van der Waals surface area contributed by atoms with Gasteiger partial charge in [-0.1, -0.05) is 36.4 Å². The third kappa shape index (κ3) is 5.66. The van der Waals surface area contributed by atoms with Gasteiger partial charge >= 0.3 is 0 Å². The number of guanidine groups is 1. The van der Waals surface area contributed by atoms with Crippen LogP contribution in [0.15, 0.2) is 53.5 Å². The van der Waals surface area contributed by atoms with E-state index >= 15 is 0 Å². The Morgan fingerprint density at radius 1 is 1.04 bits per heavy atom. The van der Waals surface area contributed by atoms with Crippen LogP contribution in [-0.4, -0.2) is 26.7 Å². The quantitative estimate of drug-likeness (QED) is 0.606. The van der Waals surface area contributed by atoms with E-state index in [1.54, 1.807) is 26.3 Å². The third-order valence-electron chi connectivity index (χ3n) is 3.71. The minimum atomic E-state index is -0.209. The Kier molecular flexibility index (Phi) is 7.23. The average Bonchev–Trinajstić information content (AvgIpc) is 2.61. The summed E-state index contributed by atoms with van der Waals surface area (Å²) in [5.41, 5.74) is 3.43. The second kappa shape index (κ2) is 9.67. The molecule has 4 nitrogen and oxygen atoms in total. The Balaban J connectivity index is 1.81. The lowest BCUT2D eigenvalue weighted by atomic mass is 10.1. The molecule has 0 saturated carbocycles. The molecule has 0 unspecified atom stereocenters. The Morgan fingerprint density at radius 2 is 1.75 bits per heavy atom. The minimum Gasteiger partial charge on any atom is -0.380 e. The zero-order valence-corrected chi connectivity index (χ0v) is 14.2. The number of methoxy groups -OCH3 is 1. The molecule has 0 heterocycles. The first kappa shape index (κ1) is 17.9. The van der Waals surface area contributed by atoms with E-state index in [2.05, 4.69) is 27.8 Å². The number of rotatable bonds is 7. The van der Waals surface area contributed by atoms with Gasteiger partial charge in [0.15, 0.2) is 5.96 Å². The van der Waals surface area contributed by atoms with E-state index in [-0.39, 0.29) is 5.82 Å². The molecule has 128 valence electrons. The number of nitrogens with zero attached hydrogens (tertiary/aromatic N) is 1. The van der Waals surface area contributed by atoms with Crippen LogP contribution in [0.1, 0.15) is 16.7 Å². The minimum absolute atomic E-state index is 0.209. The smallest absolute Gasteiger partial charge is 0.191 e. The van der Waals surface area contributed by atoms with E-state index in [0.29, 0.717) is 13.2 Å². The maximum atomic E-state index is 12.9. The van der Waals surface area contributed by atoms with Crippen molar-refractivity contribution in [3.05, 3.63) is 71.0 Å². The molecule has 0 amide bonds. The number of ether oxygens (including phenoxy) is 1. The third-order valence-corrected chi connectivity index (χ3v) is 3.71. The van der Waals surface area contributed by atoms with Crippen LogP contribution in [0.2, 0.25) is 0 Å². The second-order valence-electron chi connectivity index (χ2n) is 5.43. The molecule has 0 aliphatic rings. The van der Waals surface area contributed by atoms with Crippen LogP contribution in [-0.2, 0) is 24.3 Å². The highest BCUT2D eigenvalue weighted by molar-refractivity contribution is 5.79. The van der Waals surface area contributed by atoms with Gasteiger partial charge in [0.2, 0.25) is 0 Å². The van der Waals surface area contributed by atoms with Crippen molar-refractivity contribution in [3.8, 4) is 0 Å².